The summed E-state index contributed by atoms with van der Waals surface area (Å²) < 4.78 is 30.5. The van der Waals surface area contributed by atoms with Crippen LogP contribution in [-0.4, -0.2) is 49.0 Å². The molecule has 3 aromatic carbocycles. The Morgan fingerprint density at radius 1 is 1.05 bits per heavy atom. The highest BCUT2D eigenvalue weighted by Crippen LogP contribution is 2.37. The Hall–Kier alpha value is -3.43. The van der Waals surface area contributed by atoms with E-state index in [1.54, 1.807) is 36.4 Å². The molecule has 1 aliphatic rings. The molecule has 0 bridgehead atoms. The second-order valence-corrected chi connectivity index (χ2v) is 11.5. The van der Waals surface area contributed by atoms with Crippen LogP contribution in [0.25, 0.3) is 5.57 Å². The van der Waals surface area contributed by atoms with Crippen LogP contribution in [0.1, 0.15) is 23.7 Å². The van der Waals surface area contributed by atoms with Crippen molar-refractivity contribution in [1.29, 1.82) is 0 Å². The molecule has 0 aromatic heterocycles. The molecular weight excluding hydrogens is 526 g/mol. The standard InChI is InChI=1S/C29H28ClNO6S/c30-24-8-4-7-23(19-24)27(32)20-31-17-18-37-25-9-11-26(12-10-25)38(35,36)29(28(33)34)15-13-22(14-16-29)21-5-2-1-3-6-21/h1-15,19,27,31-32H,16-18,20H2,(H,33,34)/t27-,29?/m0/s1. The van der Waals surface area contributed by atoms with Crippen molar-refractivity contribution < 1.29 is 28.2 Å². The fourth-order valence-corrected chi connectivity index (χ4v) is 6.07. The number of benzene rings is 3. The molecule has 38 heavy (non-hydrogen) atoms. The van der Waals surface area contributed by atoms with Gasteiger partial charge < -0.3 is 20.3 Å². The van der Waals surface area contributed by atoms with Gasteiger partial charge in [-0.3, -0.25) is 4.79 Å². The average molecular weight is 554 g/mol. The van der Waals surface area contributed by atoms with Gasteiger partial charge in [-0.15, -0.1) is 0 Å². The molecule has 1 aliphatic carbocycles. The molecule has 0 fully saturated rings. The Labute approximate surface area is 227 Å². The number of ether oxygens (including phenoxy) is 1. The van der Waals surface area contributed by atoms with Gasteiger partial charge in [0.15, 0.2) is 14.6 Å². The van der Waals surface area contributed by atoms with Gasteiger partial charge in [0.05, 0.1) is 11.0 Å². The summed E-state index contributed by atoms with van der Waals surface area (Å²) in [5.74, 6) is -0.987. The number of halogens is 1. The smallest absolute Gasteiger partial charge is 0.329 e. The lowest BCUT2D eigenvalue weighted by Gasteiger charge is -2.28. The number of aliphatic carboxylic acids is 1. The van der Waals surface area contributed by atoms with Crippen molar-refractivity contribution in [1.82, 2.24) is 5.32 Å². The fraction of sp³-hybridized carbons (Fsp3) is 0.207. The molecule has 0 amide bonds. The normalized spacial score (nSPS) is 18.0. The number of carbonyl (C=O) groups is 1. The van der Waals surface area contributed by atoms with Crippen LogP contribution in [0, 0.1) is 0 Å². The first kappa shape index (κ1) is 27.6. The molecule has 3 N–H and O–H groups in total. The maximum Gasteiger partial charge on any atom is 0.329 e. The molecule has 4 rings (SSSR count). The molecule has 0 aliphatic heterocycles. The van der Waals surface area contributed by atoms with Crippen molar-refractivity contribution in [2.24, 2.45) is 0 Å². The van der Waals surface area contributed by atoms with E-state index in [9.17, 15) is 23.4 Å². The average Bonchev–Trinajstić information content (AvgIpc) is 2.93. The fourth-order valence-electron chi connectivity index (χ4n) is 4.18. The first-order valence-electron chi connectivity index (χ1n) is 12.0. The van der Waals surface area contributed by atoms with E-state index in [1.165, 1.54) is 30.3 Å². The van der Waals surface area contributed by atoms with Gasteiger partial charge in [0.25, 0.3) is 0 Å². The van der Waals surface area contributed by atoms with Crippen LogP contribution in [-0.2, 0) is 14.6 Å². The predicted octanol–water partition coefficient (Wildman–Crippen LogP) is 4.68. The third-order valence-electron chi connectivity index (χ3n) is 6.36. The van der Waals surface area contributed by atoms with Gasteiger partial charge in [-0.25, -0.2) is 8.42 Å². The lowest BCUT2D eigenvalue weighted by atomic mass is 9.92. The van der Waals surface area contributed by atoms with Crippen LogP contribution >= 0.6 is 11.6 Å². The molecular formula is C29H28ClNO6S. The van der Waals surface area contributed by atoms with Crippen molar-refractivity contribution in [3.63, 3.8) is 0 Å². The first-order valence-corrected chi connectivity index (χ1v) is 13.9. The summed E-state index contributed by atoms with van der Waals surface area (Å²) >= 11 is 5.95. The summed E-state index contributed by atoms with van der Waals surface area (Å²) in [6.07, 6.45) is 3.57. The van der Waals surface area contributed by atoms with E-state index in [1.807, 2.05) is 30.3 Å². The summed E-state index contributed by atoms with van der Waals surface area (Å²) in [7, 11) is -4.25. The van der Waals surface area contributed by atoms with Crippen LogP contribution in [0.15, 0.2) is 102 Å². The Morgan fingerprint density at radius 3 is 2.42 bits per heavy atom. The topological polar surface area (TPSA) is 113 Å². The van der Waals surface area contributed by atoms with Gasteiger partial charge in [0.1, 0.15) is 12.4 Å². The number of nitrogens with one attached hydrogen (secondary N) is 1. The second-order valence-electron chi connectivity index (χ2n) is 8.86. The van der Waals surface area contributed by atoms with Crippen LogP contribution in [0.3, 0.4) is 0 Å². The number of rotatable bonds is 11. The molecule has 2 atom stereocenters. The highest BCUT2D eigenvalue weighted by atomic mass is 35.5. The van der Waals surface area contributed by atoms with Crippen molar-refractivity contribution in [3.05, 3.63) is 113 Å². The highest BCUT2D eigenvalue weighted by Gasteiger charge is 2.50. The van der Waals surface area contributed by atoms with Crippen LogP contribution in [0.5, 0.6) is 5.75 Å². The molecule has 0 saturated heterocycles. The van der Waals surface area contributed by atoms with Crippen LogP contribution in [0.4, 0.5) is 0 Å². The second kappa shape index (κ2) is 12.0. The Morgan fingerprint density at radius 2 is 1.79 bits per heavy atom. The molecule has 9 heteroatoms. The van der Waals surface area contributed by atoms with E-state index in [-0.39, 0.29) is 17.9 Å². The Balaban J connectivity index is 1.35. The minimum Gasteiger partial charge on any atom is -0.492 e. The number of sulfone groups is 1. The van der Waals surface area contributed by atoms with Crippen molar-refractivity contribution >= 4 is 33.0 Å². The number of aliphatic hydroxyl groups excluding tert-OH is 1. The molecule has 0 saturated carbocycles. The number of carboxylic acids is 1. The molecule has 198 valence electrons. The molecule has 0 heterocycles. The summed E-state index contributed by atoms with van der Waals surface area (Å²) in [4.78, 5) is 12.1. The predicted molar refractivity (Wildman–Crippen MR) is 147 cm³/mol. The third kappa shape index (κ3) is 6.00. The van der Waals surface area contributed by atoms with Crippen molar-refractivity contribution in [2.45, 2.75) is 22.2 Å². The maximum absolute atomic E-state index is 13.5. The number of hydrogen-bond acceptors (Lipinski definition) is 6. The number of carboxylic acid groups (broad SMARTS) is 1. The van der Waals surface area contributed by atoms with E-state index in [0.29, 0.717) is 29.4 Å². The minimum atomic E-state index is -4.25. The largest absolute Gasteiger partial charge is 0.492 e. The van der Waals surface area contributed by atoms with E-state index >= 15 is 0 Å². The lowest BCUT2D eigenvalue weighted by Crippen LogP contribution is -2.45. The van der Waals surface area contributed by atoms with E-state index in [2.05, 4.69) is 5.32 Å². The molecule has 0 radical (unpaired) electrons. The molecule has 3 aromatic rings. The van der Waals surface area contributed by atoms with Gasteiger partial charge in [0.2, 0.25) is 0 Å². The molecule has 1 unspecified atom stereocenters. The summed E-state index contributed by atoms with van der Waals surface area (Å²) in [6.45, 7) is 1.04. The van der Waals surface area contributed by atoms with Crippen LogP contribution in [0.2, 0.25) is 5.02 Å². The van der Waals surface area contributed by atoms with Gasteiger partial charge in [-0.05, 0) is 53.1 Å². The van der Waals surface area contributed by atoms with Crippen LogP contribution < -0.4 is 10.1 Å². The Kier molecular flexibility index (Phi) is 8.69. The maximum atomic E-state index is 13.5. The molecule has 7 nitrogen and oxygen atoms in total. The monoisotopic (exact) mass is 553 g/mol. The zero-order chi connectivity index (χ0) is 27.2. The first-order chi connectivity index (χ1) is 18.2. The van der Waals surface area contributed by atoms with Crippen molar-refractivity contribution in [2.75, 3.05) is 19.7 Å². The SMILES string of the molecule is O=C(O)C1(S(=O)(=O)c2ccc(OCCNC[C@H](O)c3cccc(Cl)c3)cc2)C=CC(c2ccccc2)=CC1. The minimum absolute atomic E-state index is 0.101. The summed E-state index contributed by atoms with van der Waals surface area (Å²) in [5, 5.41) is 23.9. The number of aliphatic hydroxyl groups is 1. The van der Waals surface area contributed by atoms with E-state index in [4.69, 9.17) is 16.3 Å². The summed E-state index contributed by atoms with van der Waals surface area (Å²) in [6, 6.07) is 22.1. The highest BCUT2D eigenvalue weighted by molar-refractivity contribution is 7.93. The lowest BCUT2D eigenvalue weighted by molar-refractivity contribution is -0.138. The van der Waals surface area contributed by atoms with Crippen molar-refractivity contribution in [3.8, 4) is 5.75 Å². The van der Waals surface area contributed by atoms with Gasteiger partial charge in [-0.1, -0.05) is 72.3 Å². The third-order valence-corrected chi connectivity index (χ3v) is 8.92. The molecule has 0 spiro atoms. The zero-order valence-corrected chi connectivity index (χ0v) is 22.0. The van der Waals surface area contributed by atoms with Gasteiger partial charge >= 0.3 is 5.97 Å². The van der Waals surface area contributed by atoms with E-state index < -0.39 is 26.7 Å². The quantitative estimate of drug-likeness (QED) is 0.295. The Bertz CT molecular complexity index is 1440. The summed E-state index contributed by atoms with van der Waals surface area (Å²) in [5.41, 5.74) is 2.37. The van der Waals surface area contributed by atoms with Gasteiger partial charge in [-0.2, -0.15) is 0 Å². The zero-order valence-electron chi connectivity index (χ0n) is 20.5. The number of allylic oxidation sites excluding steroid dienone is 3. The van der Waals surface area contributed by atoms with Gasteiger partial charge in [0, 0.05) is 24.5 Å². The number of hydrogen-bond donors (Lipinski definition) is 3. The van der Waals surface area contributed by atoms with E-state index in [0.717, 1.165) is 11.1 Å².